The largest absolute Gasteiger partial charge is 0.353 e. The predicted molar refractivity (Wildman–Crippen MR) is 86.6 cm³/mol. The van der Waals surface area contributed by atoms with Gasteiger partial charge in [0.05, 0.1) is 11.5 Å². The number of rotatable bonds is 9. The lowest BCUT2D eigenvalue weighted by Gasteiger charge is -2.21. The number of amides is 1. The van der Waals surface area contributed by atoms with Gasteiger partial charge in [-0.15, -0.1) is 0 Å². The maximum absolute atomic E-state index is 12.0. The van der Waals surface area contributed by atoms with Crippen LogP contribution < -0.4 is 5.32 Å². The van der Waals surface area contributed by atoms with E-state index in [1.54, 1.807) is 18.2 Å². The molecule has 0 radical (unpaired) electrons. The molecule has 0 fully saturated rings. The summed E-state index contributed by atoms with van der Waals surface area (Å²) in [6.07, 6.45) is 1.97. The van der Waals surface area contributed by atoms with Gasteiger partial charge >= 0.3 is 0 Å². The molecule has 1 aromatic carbocycles. The van der Waals surface area contributed by atoms with E-state index in [0.717, 1.165) is 12.8 Å². The van der Waals surface area contributed by atoms with E-state index in [1.165, 1.54) is 6.07 Å². The number of para-hydroxylation sites is 1. The predicted octanol–water partition coefficient (Wildman–Crippen LogP) is 2.72. The van der Waals surface area contributed by atoms with Crippen molar-refractivity contribution in [2.45, 2.75) is 46.2 Å². The molecule has 1 rings (SSSR count). The van der Waals surface area contributed by atoms with Gasteiger partial charge in [-0.05, 0) is 19.9 Å². The summed E-state index contributed by atoms with van der Waals surface area (Å²) in [5.41, 5.74) is 0.726. The summed E-state index contributed by atoms with van der Waals surface area (Å²) in [6, 6.07) is 6.81. The highest BCUT2D eigenvalue weighted by Gasteiger charge is 2.17. The lowest BCUT2D eigenvalue weighted by atomic mass is 10.1. The third-order valence-corrected chi connectivity index (χ3v) is 3.53. The second-order valence-corrected chi connectivity index (χ2v) is 5.45. The van der Waals surface area contributed by atoms with E-state index < -0.39 is 0 Å². The molecule has 0 spiro atoms. The van der Waals surface area contributed by atoms with Gasteiger partial charge in [0.15, 0.2) is 0 Å². The molecule has 0 aliphatic heterocycles. The van der Waals surface area contributed by atoms with Crippen LogP contribution in [-0.4, -0.2) is 34.9 Å². The fraction of sp³-hybridized carbons (Fsp3) is 0.562. The van der Waals surface area contributed by atoms with Gasteiger partial charge < -0.3 is 5.32 Å². The number of hydrogen-bond donors (Lipinski definition) is 1. The number of carbonyl (C=O) groups is 1. The molecule has 122 valence electrons. The van der Waals surface area contributed by atoms with Crippen molar-refractivity contribution in [3.8, 4) is 0 Å². The van der Waals surface area contributed by atoms with Gasteiger partial charge in [-0.25, -0.2) is 0 Å². The zero-order valence-electron chi connectivity index (χ0n) is 13.5. The Morgan fingerprint density at radius 1 is 1.36 bits per heavy atom. The summed E-state index contributed by atoms with van der Waals surface area (Å²) in [7, 11) is 0. The lowest BCUT2D eigenvalue weighted by molar-refractivity contribution is -0.385. The highest BCUT2D eigenvalue weighted by molar-refractivity contribution is 5.78. The summed E-state index contributed by atoms with van der Waals surface area (Å²) in [5, 5.41) is 14.0. The number of hydrogen-bond acceptors (Lipinski definition) is 4. The van der Waals surface area contributed by atoms with Crippen LogP contribution in [-0.2, 0) is 11.3 Å². The van der Waals surface area contributed by atoms with Crippen molar-refractivity contribution in [3.63, 3.8) is 0 Å². The molecule has 22 heavy (non-hydrogen) atoms. The Balaban J connectivity index is 2.66. The first-order valence-corrected chi connectivity index (χ1v) is 7.71. The Kier molecular flexibility index (Phi) is 7.52. The molecule has 0 aliphatic carbocycles. The smallest absolute Gasteiger partial charge is 0.273 e. The first-order chi connectivity index (χ1) is 10.5. The summed E-state index contributed by atoms with van der Waals surface area (Å²) >= 11 is 0. The van der Waals surface area contributed by atoms with E-state index >= 15 is 0 Å². The highest BCUT2D eigenvalue weighted by atomic mass is 16.6. The number of carbonyl (C=O) groups excluding carboxylic acids is 1. The monoisotopic (exact) mass is 307 g/mol. The molecule has 0 aromatic heterocycles. The molecule has 0 saturated carbocycles. The van der Waals surface area contributed by atoms with Gasteiger partial charge in [0.1, 0.15) is 0 Å². The van der Waals surface area contributed by atoms with Crippen LogP contribution in [0.3, 0.4) is 0 Å². The Morgan fingerprint density at radius 2 is 2.05 bits per heavy atom. The van der Waals surface area contributed by atoms with Crippen molar-refractivity contribution in [2.75, 3.05) is 13.1 Å². The fourth-order valence-corrected chi connectivity index (χ4v) is 2.37. The van der Waals surface area contributed by atoms with Crippen molar-refractivity contribution < 1.29 is 9.72 Å². The van der Waals surface area contributed by atoms with Gasteiger partial charge in [0.25, 0.3) is 5.69 Å². The Hall–Kier alpha value is -1.95. The Bertz CT molecular complexity index is 505. The van der Waals surface area contributed by atoms with Crippen LogP contribution in [0.4, 0.5) is 5.69 Å². The third kappa shape index (κ3) is 5.81. The molecule has 6 heteroatoms. The average Bonchev–Trinajstić information content (AvgIpc) is 2.46. The number of benzene rings is 1. The van der Waals surface area contributed by atoms with Crippen LogP contribution in [0.5, 0.6) is 0 Å². The summed E-state index contributed by atoms with van der Waals surface area (Å²) in [4.78, 5) is 24.6. The topological polar surface area (TPSA) is 75.5 Å². The van der Waals surface area contributed by atoms with E-state index in [4.69, 9.17) is 0 Å². The maximum Gasteiger partial charge on any atom is 0.273 e. The number of nitrogens with one attached hydrogen (secondary N) is 1. The van der Waals surface area contributed by atoms with Crippen LogP contribution in [0, 0.1) is 10.1 Å². The molecule has 1 atom stereocenters. The Morgan fingerprint density at radius 3 is 2.64 bits per heavy atom. The summed E-state index contributed by atoms with van der Waals surface area (Å²) < 4.78 is 0. The standard InChI is InChI=1S/C16H25N3O3/c1-4-8-13(3)17-16(20)12-18(5-2)11-14-9-6-7-10-15(14)19(21)22/h6-7,9-10,13H,4-5,8,11-12H2,1-3H3,(H,17,20). The van der Waals surface area contributed by atoms with Crippen LogP contribution in [0.15, 0.2) is 24.3 Å². The lowest BCUT2D eigenvalue weighted by Crippen LogP contribution is -2.40. The number of nitro groups is 1. The van der Waals surface area contributed by atoms with E-state index in [9.17, 15) is 14.9 Å². The maximum atomic E-state index is 12.0. The van der Waals surface area contributed by atoms with Crippen LogP contribution in [0.1, 0.15) is 39.2 Å². The van der Waals surface area contributed by atoms with Crippen molar-refractivity contribution in [3.05, 3.63) is 39.9 Å². The SMILES string of the molecule is CCCC(C)NC(=O)CN(CC)Cc1ccccc1[N+](=O)[O-]. The highest BCUT2D eigenvalue weighted by Crippen LogP contribution is 2.19. The molecule has 0 saturated heterocycles. The van der Waals surface area contributed by atoms with Crippen LogP contribution >= 0.6 is 0 Å². The molecule has 1 aromatic rings. The molecule has 1 amide bonds. The molecule has 0 bridgehead atoms. The van der Waals surface area contributed by atoms with Crippen LogP contribution in [0.2, 0.25) is 0 Å². The minimum Gasteiger partial charge on any atom is -0.353 e. The van der Waals surface area contributed by atoms with Gasteiger partial charge in [0, 0.05) is 24.2 Å². The first-order valence-electron chi connectivity index (χ1n) is 7.71. The normalized spacial score (nSPS) is 12.2. The van der Waals surface area contributed by atoms with Crippen molar-refractivity contribution in [2.24, 2.45) is 0 Å². The minimum absolute atomic E-state index is 0.0404. The molecule has 0 aliphatic rings. The third-order valence-electron chi connectivity index (χ3n) is 3.53. The summed E-state index contributed by atoms with van der Waals surface area (Å²) in [6.45, 7) is 7.30. The first kappa shape index (κ1) is 18.1. The van der Waals surface area contributed by atoms with E-state index in [-0.39, 0.29) is 29.1 Å². The van der Waals surface area contributed by atoms with Crippen molar-refractivity contribution in [1.29, 1.82) is 0 Å². The second-order valence-electron chi connectivity index (χ2n) is 5.45. The summed E-state index contributed by atoms with van der Waals surface area (Å²) in [5.74, 6) is -0.0404. The molecule has 1 unspecified atom stereocenters. The molecule has 0 heterocycles. The zero-order valence-corrected chi connectivity index (χ0v) is 13.5. The van der Waals surface area contributed by atoms with Crippen LogP contribution in [0.25, 0.3) is 0 Å². The van der Waals surface area contributed by atoms with Gasteiger partial charge in [-0.2, -0.15) is 0 Å². The second kappa shape index (κ2) is 9.15. The van der Waals surface area contributed by atoms with Gasteiger partial charge in [-0.1, -0.05) is 38.5 Å². The van der Waals surface area contributed by atoms with E-state index in [0.29, 0.717) is 18.7 Å². The molecule has 6 nitrogen and oxygen atoms in total. The molecular weight excluding hydrogens is 282 g/mol. The number of nitro benzene ring substituents is 1. The number of likely N-dealkylation sites (N-methyl/N-ethyl adjacent to an activating group) is 1. The van der Waals surface area contributed by atoms with E-state index in [1.807, 2.05) is 18.7 Å². The van der Waals surface area contributed by atoms with Gasteiger partial charge in [-0.3, -0.25) is 19.8 Å². The minimum atomic E-state index is -0.382. The fourth-order valence-electron chi connectivity index (χ4n) is 2.37. The zero-order chi connectivity index (χ0) is 16.5. The van der Waals surface area contributed by atoms with Gasteiger partial charge in [0.2, 0.25) is 5.91 Å². The van der Waals surface area contributed by atoms with Crippen molar-refractivity contribution in [1.82, 2.24) is 10.2 Å². The van der Waals surface area contributed by atoms with Crippen molar-refractivity contribution >= 4 is 11.6 Å². The number of nitrogens with zero attached hydrogens (tertiary/aromatic N) is 2. The van der Waals surface area contributed by atoms with E-state index in [2.05, 4.69) is 12.2 Å². The molecular formula is C16H25N3O3. The molecule has 1 N–H and O–H groups in total. The Labute approximate surface area is 131 Å². The quantitative estimate of drug-likeness (QED) is 0.562. The average molecular weight is 307 g/mol.